The molecule has 2 heterocycles. The Hall–Kier alpha value is -2.55. The van der Waals surface area contributed by atoms with Gasteiger partial charge in [0.05, 0.1) is 23.8 Å². The van der Waals surface area contributed by atoms with Gasteiger partial charge in [0.1, 0.15) is 12.4 Å². The third kappa shape index (κ3) is 2.95. The Bertz CT molecular complexity index is 861. The molecule has 9 heteroatoms. The Kier molecular flexibility index (Phi) is 4.67. The average molecular weight is 408 g/mol. The summed E-state index contributed by atoms with van der Waals surface area (Å²) in [4.78, 5) is 16.3. The van der Waals surface area contributed by atoms with Crippen LogP contribution in [0, 0.1) is 0 Å². The highest BCUT2D eigenvalue weighted by Crippen LogP contribution is 2.42. The maximum Gasteiger partial charge on any atom is 0.248 e. The van der Waals surface area contributed by atoms with Crippen LogP contribution in [0.3, 0.4) is 0 Å². The van der Waals surface area contributed by atoms with Crippen molar-refractivity contribution in [2.24, 2.45) is 5.73 Å². The van der Waals surface area contributed by atoms with E-state index in [0.29, 0.717) is 39.8 Å². The lowest BCUT2D eigenvalue weighted by Gasteiger charge is -2.28. The van der Waals surface area contributed by atoms with Crippen molar-refractivity contribution in [2.45, 2.75) is 19.9 Å². The van der Waals surface area contributed by atoms with Crippen LogP contribution in [-0.4, -0.2) is 34.4 Å². The van der Waals surface area contributed by atoms with Crippen LogP contribution in [-0.2, 0) is 4.79 Å². The predicted molar refractivity (Wildman–Crippen MR) is 95.5 cm³/mol. The van der Waals surface area contributed by atoms with Gasteiger partial charge in [-0.15, -0.1) is 0 Å². The molecule has 25 heavy (non-hydrogen) atoms. The van der Waals surface area contributed by atoms with Crippen LogP contribution >= 0.6 is 15.9 Å². The Morgan fingerprint density at radius 3 is 2.88 bits per heavy atom. The van der Waals surface area contributed by atoms with Crippen LogP contribution < -0.4 is 20.5 Å². The standard InChI is InChI=1S/C16H18BrN5O3/c1-4-25-14-10(17)5-9(6-11(14)24-3)13-12(15(18)23)8(2)21-16-19-7-20-22(13)16/h5-7,13H,4H2,1-3H3,(H2,18,23)(H,19,20,21). The third-order valence-corrected chi connectivity index (χ3v) is 4.51. The smallest absolute Gasteiger partial charge is 0.248 e. The summed E-state index contributed by atoms with van der Waals surface area (Å²) in [5.74, 6) is 1.16. The van der Waals surface area contributed by atoms with E-state index in [1.807, 2.05) is 19.1 Å². The van der Waals surface area contributed by atoms with E-state index < -0.39 is 11.9 Å². The number of primary amides is 1. The third-order valence-electron chi connectivity index (χ3n) is 3.92. The lowest BCUT2D eigenvalue weighted by Crippen LogP contribution is -2.31. The van der Waals surface area contributed by atoms with Gasteiger partial charge < -0.3 is 20.5 Å². The molecule has 132 valence electrons. The van der Waals surface area contributed by atoms with E-state index in [4.69, 9.17) is 15.2 Å². The number of benzene rings is 1. The Morgan fingerprint density at radius 2 is 2.24 bits per heavy atom. The molecule has 3 rings (SSSR count). The summed E-state index contributed by atoms with van der Waals surface area (Å²) in [5.41, 5.74) is 7.46. The van der Waals surface area contributed by atoms with E-state index in [0.717, 1.165) is 5.56 Å². The Labute approximate surface area is 153 Å². The first-order valence-electron chi connectivity index (χ1n) is 7.65. The van der Waals surface area contributed by atoms with Crippen LogP contribution in [0.15, 0.2) is 34.2 Å². The zero-order valence-corrected chi connectivity index (χ0v) is 15.6. The lowest BCUT2D eigenvalue weighted by molar-refractivity contribution is -0.115. The minimum atomic E-state index is -0.528. The number of nitrogens with two attached hydrogens (primary N) is 1. The minimum absolute atomic E-state index is 0.413. The molecular formula is C16H18BrN5O3. The van der Waals surface area contributed by atoms with Crippen molar-refractivity contribution in [3.05, 3.63) is 39.8 Å². The molecule has 0 fully saturated rings. The molecule has 1 aliphatic heterocycles. The van der Waals surface area contributed by atoms with Gasteiger partial charge in [0.2, 0.25) is 11.9 Å². The zero-order chi connectivity index (χ0) is 18.1. The fourth-order valence-corrected chi connectivity index (χ4v) is 3.47. The molecule has 1 atom stereocenters. The van der Waals surface area contributed by atoms with Crippen molar-refractivity contribution in [3.63, 3.8) is 0 Å². The molecule has 0 saturated heterocycles. The van der Waals surface area contributed by atoms with Gasteiger partial charge in [-0.3, -0.25) is 4.79 Å². The normalized spacial score (nSPS) is 16.2. The number of halogens is 1. The van der Waals surface area contributed by atoms with Gasteiger partial charge in [-0.05, 0) is 47.5 Å². The van der Waals surface area contributed by atoms with E-state index in [2.05, 4.69) is 31.3 Å². The maximum absolute atomic E-state index is 12.1. The lowest BCUT2D eigenvalue weighted by atomic mass is 9.95. The van der Waals surface area contributed by atoms with Gasteiger partial charge in [0.25, 0.3) is 0 Å². The van der Waals surface area contributed by atoms with Crippen molar-refractivity contribution in [1.29, 1.82) is 0 Å². The van der Waals surface area contributed by atoms with Crippen molar-refractivity contribution in [3.8, 4) is 11.5 Å². The molecule has 8 nitrogen and oxygen atoms in total. The summed E-state index contributed by atoms with van der Waals surface area (Å²) in [5, 5.41) is 7.29. The largest absolute Gasteiger partial charge is 0.493 e. The molecule has 1 amide bonds. The van der Waals surface area contributed by atoms with Crippen LogP contribution in [0.2, 0.25) is 0 Å². The number of hydrogen-bond donors (Lipinski definition) is 2. The van der Waals surface area contributed by atoms with Crippen molar-refractivity contribution in [1.82, 2.24) is 14.8 Å². The summed E-state index contributed by atoms with van der Waals surface area (Å²) >= 11 is 3.51. The van der Waals surface area contributed by atoms with E-state index >= 15 is 0 Å². The molecule has 0 bridgehead atoms. The van der Waals surface area contributed by atoms with E-state index in [9.17, 15) is 4.79 Å². The minimum Gasteiger partial charge on any atom is -0.493 e. The molecule has 1 aromatic carbocycles. The molecule has 0 saturated carbocycles. The molecule has 1 unspecified atom stereocenters. The van der Waals surface area contributed by atoms with E-state index in [1.54, 1.807) is 18.7 Å². The molecule has 1 aliphatic rings. The second-order valence-electron chi connectivity index (χ2n) is 5.43. The van der Waals surface area contributed by atoms with Gasteiger partial charge >= 0.3 is 0 Å². The molecular weight excluding hydrogens is 390 g/mol. The van der Waals surface area contributed by atoms with Gasteiger partial charge in [0.15, 0.2) is 11.5 Å². The quantitative estimate of drug-likeness (QED) is 0.787. The zero-order valence-electron chi connectivity index (χ0n) is 14.0. The number of allylic oxidation sites excluding steroid dienone is 1. The fraction of sp³-hybridized carbons (Fsp3) is 0.312. The van der Waals surface area contributed by atoms with Crippen LogP contribution in [0.4, 0.5) is 5.95 Å². The fourth-order valence-electron chi connectivity index (χ4n) is 2.90. The molecule has 2 aromatic rings. The number of nitrogens with zero attached hydrogens (tertiary/aromatic N) is 3. The second-order valence-corrected chi connectivity index (χ2v) is 6.28. The van der Waals surface area contributed by atoms with E-state index in [-0.39, 0.29) is 0 Å². The summed E-state index contributed by atoms with van der Waals surface area (Å²) in [6, 6.07) is 3.16. The SMILES string of the molecule is CCOc1c(Br)cc(C2C(C(N)=O)=C(C)Nc3ncnn32)cc1OC. The number of aromatic nitrogens is 3. The number of fused-ring (bicyclic) bond motifs is 1. The maximum atomic E-state index is 12.1. The highest BCUT2D eigenvalue weighted by Gasteiger charge is 2.33. The summed E-state index contributed by atoms with van der Waals surface area (Å²) in [7, 11) is 1.56. The number of ether oxygens (including phenoxy) is 2. The van der Waals surface area contributed by atoms with Crippen molar-refractivity contribution >= 4 is 27.8 Å². The van der Waals surface area contributed by atoms with Crippen molar-refractivity contribution < 1.29 is 14.3 Å². The van der Waals surface area contributed by atoms with Crippen LogP contribution in [0.25, 0.3) is 0 Å². The molecule has 3 N–H and O–H groups in total. The molecule has 1 aromatic heterocycles. The molecule has 0 spiro atoms. The number of rotatable bonds is 5. The average Bonchev–Trinajstić information content (AvgIpc) is 3.02. The first-order chi connectivity index (χ1) is 12.0. The summed E-state index contributed by atoms with van der Waals surface area (Å²) in [6.45, 7) is 4.18. The van der Waals surface area contributed by atoms with Crippen LogP contribution in [0.5, 0.6) is 11.5 Å². The number of amides is 1. The topological polar surface area (TPSA) is 104 Å². The van der Waals surface area contributed by atoms with E-state index in [1.165, 1.54) is 6.33 Å². The number of nitrogens with one attached hydrogen (secondary N) is 1. The number of anilines is 1. The van der Waals surface area contributed by atoms with Gasteiger partial charge in [0, 0.05) is 5.70 Å². The molecule has 0 radical (unpaired) electrons. The van der Waals surface area contributed by atoms with Crippen LogP contribution in [0.1, 0.15) is 25.5 Å². The van der Waals surface area contributed by atoms with Gasteiger partial charge in [-0.2, -0.15) is 10.1 Å². The number of hydrogen-bond acceptors (Lipinski definition) is 6. The highest BCUT2D eigenvalue weighted by molar-refractivity contribution is 9.10. The second kappa shape index (κ2) is 6.75. The first kappa shape index (κ1) is 17.3. The monoisotopic (exact) mass is 407 g/mol. The number of carbonyl (C=O) groups excluding carboxylic acids is 1. The number of carbonyl (C=O) groups is 1. The first-order valence-corrected chi connectivity index (χ1v) is 8.44. The highest BCUT2D eigenvalue weighted by atomic mass is 79.9. The Morgan fingerprint density at radius 1 is 1.48 bits per heavy atom. The van der Waals surface area contributed by atoms with Gasteiger partial charge in [-0.1, -0.05) is 0 Å². The predicted octanol–water partition coefficient (Wildman–Crippen LogP) is 2.22. The van der Waals surface area contributed by atoms with Gasteiger partial charge in [-0.25, -0.2) is 4.68 Å². The number of methoxy groups -OCH3 is 1. The Balaban J connectivity index is 2.20. The molecule has 0 aliphatic carbocycles. The summed E-state index contributed by atoms with van der Waals surface area (Å²) in [6.07, 6.45) is 1.42. The summed E-state index contributed by atoms with van der Waals surface area (Å²) < 4.78 is 13.4. The van der Waals surface area contributed by atoms with Crippen molar-refractivity contribution in [2.75, 3.05) is 19.0 Å².